The highest BCUT2D eigenvalue weighted by molar-refractivity contribution is 5.69. The van der Waals surface area contributed by atoms with Crippen LogP contribution in [-0.4, -0.2) is 11.2 Å². The highest BCUT2D eigenvalue weighted by Gasteiger charge is 2.08. The lowest BCUT2D eigenvalue weighted by Crippen LogP contribution is -2.04. The Kier molecular flexibility index (Phi) is 4.11. The van der Waals surface area contributed by atoms with Crippen LogP contribution in [0.25, 0.3) is 5.57 Å². The van der Waals surface area contributed by atoms with E-state index in [-0.39, 0.29) is 0 Å². The van der Waals surface area contributed by atoms with Gasteiger partial charge in [-0.25, -0.2) is 0 Å². The predicted molar refractivity (Wildman–Crippen MR) is 64.4 cm³/mol. The first-order valence-corrected chi connectivity index (χ1v) is 4.95. The third kappa shape index (κ3) is 3.25. The maximum Gasteiger partial charge on any atom is 0.105 e. The van der Waals surface area contributed by atoms with Crippen molar-refractivity contribution in [2.75, 3.05) is 0 Å². The van der Waals surface area contributed by atoms with Crippen LogP contribution in [0.15, 0.2) is 54.3 Å². The van der Waals surface area contributed by atoms with Crippen LogP contribution in [0.4, 0.5) is 0 Å². The summed E-state index contributed by atoms with van der Waals surface area (Å²) in [4.78, 5) is 0. The standard InChI is InChI=1S/C14H16O/c1-4-14(15)13(10-11(2)3)12-8-6-5-7-9-12/h4-9,14-15H,1H2,2-3H3. The van der Waals surface area contributed by atoms with E-state index in [4.69, 9.17) is 0 Å². The normalized spacial score (nSPS) is 11.4. The molecule has 1 rings (SSSR count). The molecule has 1 nitrogen and oxygen atoms in total. The minimum atomic E-state index is -0.665. The molecule has 0 aromatic heterocycles. The number of rotatable bonds is 3. The Labute approximate surface area is 91.1 Å². The summed E-state index contributed by atoms with van der Waals surface area (Å²) in [5.74, 6) is 0. The summed E-state index contributed by atoms with van der Waals surface area (Å²) in [7, 11) is 0. The number of hydrogen-bond acceptors (Lipinski definition) is 1. The maximum absolute atomic E-state index is 9.79. The molecular weight excluding hydrogens is 184 g/mol. The lowest BCUT2D eigenvalue weighted by atomic mass is 10.0. The van der Waals surface area contributed by atoms with Gasteiger partial charge in [-0.1, -0.05) is 36.4 Å². The van der Waals surface area contributed by atoms with Gasteiger partial charge >= 0.3 is 0 Å². The Bertz CT molecular complexity index is 391. The van der Waals surface area contributed by atoms with Crippen LogP contribution in [0.3, 0.4) is 0 Å². The van der Waals surface area contributed by atoms with Crippen LogP contribution >= 0.6 is 0 Å². The van der Waals surface area contributed by atoms with E-state index in [2.05, 4.69) is 12.3 Å². The zero-order valence-electron chi connectivity index (χ0n) is 9.20. The molecule has 15 heavy (non-hydrogen) atoms. The maximum atomic E-state index is 9.79. The fourth-order valence-corrected chi connectivity index (χ4v) is 1.32. The topological polar surface area (TPSA) is 20.2 Å². The molecule has 0 saturated carbocycles. The molecule has 0 saturated heterocycles. The first-order valence-electron chi connectivity index (χ1n) is 4.95. The lowest BCUT2D eigenvalue weighted by molar-refractivity contribution is 0.281. The second-order valence-corrected chi connectivity index (χ2v) is 3.59. The second kappa shape index (κ2) is 5.35. The fraction of sp³-hybridized carbons (Fsp3) is 0.214. The summed E-state index contributed by atoms with van der Waals surface area (Å²) in [5.41, 5.74) is 5.94. The smallest absolute Gasteiger partial charge is 0.105 e. The molecule has 0 fully saturated rings. The van der Waals surface area contributed by atoms with Crippen LogP contribution in [0, 0.1) is 0 Å². The largest absolute Gasteiger partial charge is 0.384 e. The van der Waals surface area contributed by atoms with Gasteiger partial charge in [0, 0.05) is 5.57 Å². The van der Waals surface area contributed by atoms with E-state index in [0.29, 0.717) is 0 Å². The molecule has 0 aliphatic rings. The van der Waals surface area contributed by atoms with Crippen molar-refractivity contribution in [2.24, 2.45) is 0 Å². The monoisotopic (exact) mass is 200 g/mol. The Morgan fingerprint density at radius 2 is 1.93 bits per heavy atom. The van der Waals surface area contributed by atoms with E-state index < -0.39 is 6.10 Å². The van der Waals surface area contributed by atoms with Crippen molar-refractivity contribution in [1.29, 1.82) is 0 Å². The molecule has 1 unspecified atom stereocenters. The molecule has 0 radical (unpaired) electrons. The Morgan fingerprint density at radius 1 is 1.33 bits per heavy atom. The van der Waals surface area contributed by atoms with E-state index in [1.54, 1.807) is 0 Å². The Balaban J connectivity index is 3.26. The van der Waals surface area contributed by atoms with Crippen LogP contribution in [-0.2, 0) is 0 Å². The zero-order valence-corrected chi connectivity index (χ0v) is 9.20. The summed E-state index contributed by atoms with van der Waals surface area (Å²) in [5, 5.41) is 9.79. The molecule has 0 heterocycles. The molecular formula is C14H16O. The highest BCUT2D eigenvalue weighted by Crippen LogP contribution is 2.18. The van der Waals surface area contributed by atoms with Crippen molar-refractivity contribution in [3.05, 3.63) is 59.9 Å². The van der Waals surface area contributed by atoms with Crippen molar-refractivity contribution in [3.8, 4) is 0 Å². The first-order chi connectivity index (χ1) is 7.15. The molecule has 1 aromatic carbocycles. The number of benzene rings is 1. The summed E-state index contributed by atoms with van der Waals surface area (Å²) >= 11 is 0. The van der Waals surface area contributed by atoms with E-state index in [0.717, 1.165) is 16.7 Å². The zero-order chi connectivity index (χ0) is 11.3. The number of aliphatic hydroxyl groups is 1. The van der Waals surface area contributed by atoms with Gasteiger partial charge < -0.3 is 5.11 Å². The van der Waals surface area contributed by atoms with Gasteiger partial charge in [-0.05, 0) is 25.0 Å². The summed E-state index contributed by atoms with van der Waals surface area (Å²) in [6.07, 6.45) is 0.848. The molecule has 0 bridgehead atoms. The third-order valence-corrected chi connectivity index (χ3v) is 1.99. The SMILES string of the molecule is C=CC(O)C(=C=C(C)C)c1ccccc1. The highest BCUT2D eigenvalue weighted by atomic mass is 16.3. The molecule has 0 aliphatic heterocycles. The van der Waals surface area contributed by atoms with Gasteiger partial charge in [-0.3, -0.25) is 0 Å². The first kappa shape index (κ1) is 11.5. The van der Waals surface area contributed by atoms with E-state index >= 15 is 0 Å². The van der Waals surface area contributed by atoms with Gasteiger partial charge in [0.1, 0.15) is 6.10 Å². The quantitative estimate of drug-likeness (QED) is 0.587. The van der Waals surface area contributed by atoms with Crippen LogP contribution < -0.4 is 0 Å². The summed E-state index contributed by atoms with van der Waals surface area (Å²) in [6.45, 7) is 7.51. The number of hydrogen-bond donors (Lipinski definition) is 1. The molecule has 0 aliphatic carbocycles. The molecule has 1 N–H and O–H groups in total. The van der Waals surface area contributed by atoms with Crippen molar-refractivity contribution in [3.63, 3.8) is 0 Å². The Hall–Kier alpha value is -1.56. The van der Waals surface area contributed by atoms with Crippen molar-refractivity contribution in [1.82, 2.24) is 0 Å². The summed E-state index contributed by atoms with van der Waals surface area (Å²) < 4.78 is 0. The van der Waals surface area contributed by atoms with Crippen LogP contribution in [0.2, 0.25) is 0 Å². The number of aliphatic hydroxyl groups excluding tert-OH is 1. The van der Waals surface area contributed by atoms with Crippen molar-refractivity contribution >= 4 is 5.57 Å². The van der Waals surface area contributed by atoms with Gasteiger partial charge in [0.25, 0.3) is 0 Å². The van der Waals surface area contributed by atoms with E-state index in [1.165, 1.54) is 6.08 Å². The molecule has 0 amide bonds. The molecule has 1 heteroatoms. The molecule has 1 atom stereocenters. The summed E-state index contributed by atoms with van der Waals surface area (Å²) in [6, 6.07) is 9.75. The average molecular weight is 200 g/mol. The Morgan fingerprint density at radius 3 is 2.40 bits per heavy atom. The van der Waals surface area contributed by atoms with Crippen LogP contribution in [0.1, 0.15) is 19.4 Å². The lowest BCUT2D eigenvalue weighted by Gasteiger charge is -2.08. The minimum Gasteiger partial charge on any atom is -0.384 e. The van der Waals surface area contributed by atoms with E-state index in [1.807, 2.05) is 44.2 Å². The molecule has 0 spiro atoms. The van der Waals surface area contributed by atoms with Gasteiger partial charge in [0.05, 0.1) is 0 Å². The van der Waals surface area contributed by atoms with Crippen molar-refractivity contribution in [2.45, 2.75) is 20.0 Å². The second-order valence-electron chi connectivity index (χ2n) is 3.59. The third-order valence-electron chi connectivity index (χ3n) is 1.99. The molecule has 78 valence electrons. The van der Waals surface area contributed by atoms with Gasteiger partial charge in [-0.15, -0.1) is 12.3 Å². The minimum absolute atomic E-state index is 0.665. The van der Waals surface area contributed by atoms with Crippen molar-refractivity contribution < 1.29 is 5.11 Å². The van der Waals surface area contributed by atoms with Crippen LogP contribution in [0.5, 0.6) is 0 Å². The van der Waals surface area contributed by atoms with E-state index in [9.17, 15) is 5.11 Å². The van der Waals surface area contributed by atoms with Gasteiger partial charge in [0.15, 0.2) is 0 Å². The fourth-order valence-electron chi connectivity index (χ4n) is 1.32. The van der Waals surface area contributed by atoms with Gasteiger partial charge in [-0.2, -0.15) is 0 Å². The average Bonchev–Trinajstić information content (AvgIpc) is 2.26. The predicted octanol–water partition coefficient (Wildman–Crippen LogP) is 3.18. The van der Waals surface area contributed by atoms with Gasteiger partial charge in [0.2, 0.25) is 0 Å². The molecule has 1 aromatic rings.